The van der Waals surface area contributed by atoms with E-state index in [4.69, 9.17) is 11.0 Å². The van der Waals surface area contributed by atoms with Gasteiger partial charge in [0.1, 0.15) is 0 Å². The molecule has 0 fully saturated rings. The highest BCUT2D eigenvalue weighted by molar-refractivity contribution is 5.82. The van der Waals surface area contributed by atoms with E-state index in [1.807, 2.05) is 79.0 Å². The van der Waals surface area contributed by atoms with Gasteiger partial charge in [-0.2, -0.15) is 5.26 Å². The number of nitrogens with two attached hydrogens (primary N) is 1. The van der Waals surface area contributed by atoms with E-state index in [1.165, 1.54) is 0 Å². The maximum absolute atomic E-state index is 9.06. The van der Waals surface area contributed by atoms with E-state index in [1.54, 1.807) is 6.07 Å². The van der Waals surface area contributed by atoms with Crippen LogP contribution in [-0.4, -0.2) is 6.21 Å². The van der Waals surface area contributed by atoms with E-state index >= 15 is 0 Å². The van der Waals surface area contributed by atoms with Crippen molar-refractivity contribution in [2.45, 2.75) is 6.04 Å². The van der Waals surface area contributed by atoms with E-state index in [-0.39, 0.29) is 6.04 Å². The Morgan fingerprint density at radius 2 is 1.67 bits per heavy atom. The SMILES string of the molecule is N#Cc1cccc(C(N)c2ccccc2N=Cc2ccccc2)c1. The molecule has 0 amide bonds. The lowest BCUT2D eigenvalue weighted by Crippen LogP contribution is -2.12. The Morgan fingerprint density at radius 1 is 0.917 bits per heavy atom. The maximum atomic E-state index is 9.06. The summed E-state index contributed by atoms with van der Waals surface area (Å²) in [5, 5.41) is 9.06. The van der Waals surface area contributed by atoms with Crippen LogP contribution in [0.25, 0.3) is 0 Å². The van der Waals surface area contributed by atoms with Crippen LogP contribution < -0.4 is 5.73 Å². The normalized spacial score (nSPS) is 12.0. The summed E-state index contributed by atoms with van der Waals surface area (Å²) in [5.41, 5.74) is 10.7. The Bertz CT molecular complexity index is 892. The number of aliphatic imine (C=N–C) groups is 1. The lowest BCUT2D eigenvalue weighted by Gasteiger charge is -2.15. The highest BCUT2D eigenvalue weighted by atomic mass is 14.7. The van der Waals surface area contributed by atoms with Gasteiger partial charge in [0.25, 0.3) is 0 Å². The molecule has 0 saturated carbocycles. The molecule has 2 N–H and O–H groups in total. The molecule has 3 aromatic rings. The number of hydrogen-bond acceptors (Lipinski definition) is 3. The predicted octanol–water partition coefficient (Wildman–Crippen LogP) is 4.36. The standard InChI is InChI=1S/C21H17N3/c22-14-17-9-6-10-18(13-17)21(23)19-11-4-5-12-20(19)24-15-16-7-2-1-3-8-16/h1-13,15,21H,23H2. The molecule has 3 rings (SSSR count). The summed E-state index contributed by atoms with van der Waals surface area (Å²) in [7, 11) is 0. The fourth-order valence-corrected chi connectivity index (χ4v) is 2.53. The largest absolute Gasteiger partial charge is 0.320 e. The first-order valence-corrected chi connectivity index (χ1v) is 7.71. The zero-order valence-corrected chi connectivity index (χ0v) is 13.1. The van der Waals surface area contributed by atoms with E-state index in [0.29, 0.717) is 5.56 Å². The molecule has 0 bridgehead atoms. The molecule has 0 saturated heterocycles. The Labute approximate surface area is 141 Å². The smallest absolute Gasteiger partial charge is 0.0991 e. The molecule has 0 radical (unpaired) electrons. The van der Waals surface area contributed by atoms with Gasteiger partial charge in [-0.05, 0) is 34.9 Å². The van der Waals surface area contributed by atoms with Crippen molar-refractivity contribution in [1.82, 2.24) is 0 Å². The average molecular weight is 311 g/mol. The van der Waals surface area contributed by atoms with Gasteiger partial charge in [-0.3, -0.25) is 4.99 Å². The first-order valence-electron chi connectivity index (χ1n) is 7.71. The van der Waals surface area contributed by atoms with Crippen LogP contribution in [0.2, 0.25) is 0 Å². The number of benzene rings is 3. The first-order chi connectivity index (χ1) is 11.8. The zero-order valence-electron chi connectivity index (χ0n) is 13.1. The highest BCUT2D eigenvalue weighted by Crippen LogP contribution is 2.28. The van der Waals surface area contributed by atoms with Crippen LogP contribution in [0.15, 0.2) is 83.9 Å². The molecule has 1 unspecified atom stereocenters. The van der Waals surface area contributed by atoms with Gasteiger partial charge in [0.15, 0.2) is 0 Å². The molecule has 1 atom stereocenters. The van der Waals surface area contributed by atoms with Crippen molar-refractivity contribution in [3.8, 4) is 6.07 Å². The van der Waals surface area contributed by atoms with Gasteiger partial charge in [0.2, 0.25) is 0 Å². The number of nitrogens with zero attached hydrogens (tertiary/aromatic N) is 2. The van der Waals surface area contributed by atoms with Gasteiger partial charge in [-0.25, -0.2) is 0 Å². The molecule has 3 heteroatoms. The number of rotatable bonds is 4. The van der Waals surface area contributed by atoms with Crippen LogP contribution in [0.4, 0.5) is 5.69 Å². The summed E-state index contributed by atoms with van der Waals surface area (Å²) >= 11 is 0. The van der Waals surface area contributed by atoms with Crippen molar-refractivity contribution >= 4 is 11.9 Å². The van der Waals surface area contributed by atoms with Crippen molar-refractivity contribution in [2.75, 3.05) is 0 Å². The molecule has 0 aliphatic rings. The van der Waals surface area contributed by atoms with E-state index in [9.17, 15) is 0 Å². The molecule has 0 aliphatic carbocycles. The molecule has 0 aliphatic heterocycles. The van der Waals surface area contributed by atoms with Crippen molar-refractivity contribution in [3.63, 3.8) is 0 Å². The van der Waals surface area contributed by atoms with E-state index < -0.39 is 0 Å². The summed E-state index contributed by atoms with van der Waals surface area (Å²) in [6.45, 7) is 0. The van der Waals surface area contributed by atoms with Gasteiger partial charge in [0.05, 0.1) is 23.4 Å². The van der Waals surface area contributed by atoms with Crippen LogP contribution in [-0.2, 0) is 0 Å². The molecule has 0 spiro atoms. The van der Waals surface area contributed by atoms with Crippen molar-refractivity contribution in [3.05, 3.63) is 101 Å². The minimum Gasteiger partial charge on any atom is -0.320 e. The van der Waals surface area contributed by atoms with Crippen molar-refractivity contribution in [1.29, 1.82) is 5.26 Å². The average Bonchev–Trinajstić information content (AvgIpc) is 2.67. The third-order valence-electron chi connectivity index (χ3n) is 3.80. The molecule has 0 aromatic heterocycles. The quantitative estimate of drug-likeness (QED) is 0.728. The Morgan fingerprint density at radius 3 is 2.46 bits per heavy atom. The second kappa shape index (κ2) is 7.36. The third kappa shape index (κ3) is 3.57. The Balaban J connectivity index is 1.94. The Kier molecular flexibility index (Phi) is 4.81. The zero-order chi connectivity index (χ0) is 16.8. The Hall–Kier alpha value is -3.22. The second-order valence-corrected chi connectivity index (χ2v) is 5.44. The van der Waals surface area contributed by atoms with Crippen LogP contribution in [0.5, 0.6) is 0 Å². The van der Waals surface area contributed by atoms with Crippen LogP contribution in [0, 0.1) is 11.3 Å². The highest BCUT2D eigenvalue weighted by Gasteiger charge is 2.13. The predicted molar refractivity (Wildman–Crippen MR) is 97.3 cm³/mol. The monoisotopic (exact) mass is 311 g/mol. The summed E-state index contributed by atoms with van der Waals surface area (Å²) in [4.78, 5) is 4.60. The van der Waals surface area contributed by atoms with E-state index in [0.717, 1.165) is 22.4 Å². The summed E-state index contributed by atoms with van der Waals surface area (Å²) in [6.07, 6.45) is 1.83. The summed E-state index contributed by atoms with van der Waals surface area (Å²) in [6, 6.07) is 27.0. The van der Waals surface area contributed by atoms with Gasteiger partial charge in [0, 0.05) is 6.21 Å². The topological polar surface area (TPSA) is 62.2 Å². The fraction of sp³-hybridized carbons (Fsp3) is 0.0476. The molecule has 3 nitrogen and oxygen atoms in total. The van der Waals surface area contributed by atoms with Crippen LogP contribution in [0.3, 0.4) is 0 Å². The van der Waals surface area contributed by atoms with Crippen LogP contribution in [0.1, 0.15) is 28.3 Å². The first kappa shape index (κ1) is 15.7. The van der Waals surface area contributed by atoms with Crippen molar-refractivity contribution in [2.24, 2.45) is 10.7 Å². The third-order valence-corrected chi connectivity index (χ3v) is 3.80. The van der Waals surface area contributed by atoms with Gasteiger partial charge in [-0.15, -0.1) is 0 Å². The van der Waals surface area contributed by atoms with Gasteiger partial charge in [-0.1, -0.05) is 60.7 Å². The van der Waals surface area contributed by atoms with Crippen molar-refractivity contribution < 1.29 is 0 Å². The molecule has 0 heterocycles. The van der Waals surface area contributed by atoms with Gasteiger partial charge >= 0.3 is 0 Å². The lowest BCUT2D eigenvalue weighted by atomic mass is 9.97. The molecule has 116 valence electrons. The maximum Gasteiger partial charge on any atom is 0.0991 e. The minimum absolute atomic E-state index is 0.331. The summed E-state index contributed by atoms with van der Waals surface area (Å²) < 4.78 is 0. The van der Waals surface area contributed by atoms with E-state index in [2.05, 4.69) is 11.1 Å². The molecule has 24 heavy (non-hydrogen) atoms. The number of hydrogen-bond donors (Lipinski definition) is 1. The van der Waals surface area contributed by atoms with Crippen LogP contribution >= 0.6 is 0 Å². The lowest BCUT2D eigenvalue weighted by molar-refractivity contribution is 0.871. The summed E-state index contributed by atoms with van der Waals surface area (Å²) in [5.74, 6) is 0. The molecular weight excluding hydrogens is 294 g/mol. The van der Waals surface area contributed by atoms with Gasteiger partial charge < -0.3 is 5.73 Å². The second-order valence-electron chi connectivity index (χ2n) is 5.44. The molecular formula is C21H17N3. The molecule has 3 aromatic carbocycles. The minimum atomic E-state index is -0.331. The number of para-hydroxylation sites is 1. The fourth-order valence-electron chi connectivity index (χ4n) is 2.53. The number of nitriles is 1.